The Labute approximate surface area is 96.0 Å². The van der Waals surface area contributed by atoms with Gasteiger partial charge in [0.05, 0.1) is 5.52 Å². The van der Waals surface area contributed by atoms with E-state index in [0.29, 0.717) is 5.82 Å². The number of nitrogens with two attached hydrogens (primary N) is 1. The minimum absolute atomic E-state index is 0.127. The van der Waals surface area contributed by atoms with Crippen molar-refractivity contribution in [2.24, 2.45) is 0 Å². The van der Waals surface area contributed by atoms with Crippen molar-refractivity contribution >= 4 is 16.7 Å². The predicted molar refractivity (Wildman–Crippen MR) is 68.6 cm³/mol. The first-order valence-corrected chi connectivity index (χ1v) is 5.71. The van der Waals surface area contributed by atoms with Crippen LogP contribution in [0.25, 0.3) is 10.9 Å². The summed E-state index contributed by atoms with van der Waals surface area (Å²) in [5.41, 5.74) is 9.71. The van der Waals surface area contributed by atoms with Crippen LogP contribution in [0.5, 0.6) is 0 Å². The number of anilines is 1. The van der Waals surface area contributed by atoms with Crippen LogP contribution in [0.1, 0.15) is 38.3 Å². The van der Waals surface area contributed by atoms with Crippen LogP contribution in [-0.2, 0) is 5.41 Å². The summed E-state index contributed by atoms with van der Waals surface area (Å²) < 4.78 is 0. The molecule has 0 spiro atoms. The van der Waals surface area contributed by atoms with E-state index in [1.54, 1.807) is 0 Å². The summed E-state index contributed by atoms with van der Waals surface area (Å²) in [6.45, 7) is 8.84. The summed E-state index contributed by atoms with van der Waals surface area (Å²) in [5, 5.41) is 8.16. The van der Waals surface area contributed by atoms with Crippen LogP contribution in [0.15, 0.2) is 12.1 Å². The number of nitrogen functional groups attached to an aromatic ring is 1. The monoisotopic (exact) mass is 217 g/mol. The van der Waals surface area contributed by atoms with Crippen LogP contribution in [0.2, 0.25) is 0 Å². The molecule has 1 aromatic heterocycles. The molecule has 2 aromatic rings. The number of nitrogens with zero attached hydrogens (tertiary/aromatic N) is 1. The summed E-state index contributed by atoms with van der Waals surface area (Å²) in [6.07, 6.45) is 1.08. The maximum atomic E-state index is 5.95. The average molecular weight is 217 g/mol. The number of aromatic nitrogens is 2. The molecule has 16 heavy (non-hydrogen) atoms. The molecular weight excluding hydrogens is 198 g/mol. The molecule has 0 saturated carbocycles. The van der Waals surface area contributed by atoms with Gasteiger partial charge in [0.15, 0.2) is 5.82 Å². The predicted octanol–water partition coefficient (Wildman–Crippen LogP) is 3.14. The SMILES string of the molecule is CCC(C)(C)c1c(C)ccc2[nH]nc(N)c12. The van der Waals surface area contributed by atoms with Gasteiger partial charge < -0.3 is 5.73 Å². The smallest absolute Gasteiger partial charge is 0.153 e. The minimum atomic E-state index is 0.127. The van der Waals surface area contributed by atoms with Crippen LogP contribution < -0.4 is 5.73 Å². The van der Waals surface area contributed by atoms with Crippen LogP contribution >= 0.6 is 0 Å². The fourth-order valence-electron chi connectivity index (χ4n) is 2.29. The fraction of sp³-hybridized carbons (Fsp3) is 0.462. The Hall–Kier alpha value is -1.51. The molecule has 86 valence electrons. The van der Waals surface area contributed by atoms with Crippen molar-refractivity contribution in [1.29, 1.82) is 0 Å². The van der Waals surface area contributed by atoms with E-state index in [-0.39, 0.29) is 5.41 Å². The molecule has 0 fully saturated rings. The zero-order valence-corrected chi connectivity index (χ0v) is 10.4. The number of nitrogens with one attached hydrogen (secondary N) is 1. The summed E-state index contributed by atoms with van der Waals surface area (Å²) in [7, 11) is 0. The van der Waals surface area contributed by atoms with Gasteiger partial charge in [0.2, 0.25) is 0 Å². The third kappa shape index (κ3) is 1.47. The topological polar surface area (TPSA) is 54.7 Å². The van der Waals surface area contributed by atoms with Gasteiger partial charge in [-0.2, -0.15) is 5.10 Å². The molecule has 0 aliphatic heterocycles. The molecule has 0 saturated heterocycles. The third-order valence-corrected chi connectivity index (χ3v) is 3.53. The van der Waals surface area contributed by atoms with Crippen molar-refractivity contribution < 1.29 is 0 Å². The molecule has 0 amide bonds. The third-order valence-electron chi connectivity index (χ3n) is 3.53. The molecule has 0 bridgehead atoms. The van der Waals surface area contributed by atoms with Crippen LogP contribution in [0.4, 0.5) is 5.82 Å². The number of rotatable bonds is 2. The lowest BCUT2D eigenvalue weighted by Gasteiger charge is -2.26. The van der Waals surface area contributed by atoms with Crippen LogP contribution in [0.3, 0.4) is 0 Å². The largest absolute Gasteiger partial charge is 0.382 e. The molecule has 0 atom stereocenters. The summed E-state index contributed by atoms with van der Waals surface area (Å²) in [4.78, 5) is 0. The summed E-state index contributed by atoms with van der Waals surface area (Å²) in [6, 6.07) is 4.18. The minimum Gasteiger partial charge on any atom is -0.382 e. The van der Waals surface area contributed by atoms with Gasteiger partial charge in [0.25, 0.3) is 0 Å². The van der Waals surface area contributed by atoms with Crippen LogP contribution in [0, 0.1) is 6.92 Å². The lowest BCUT2D eigenvalue weighted by atomic mass is 9.78. The lowest BCUT2D eigenvalue weighted by Crippen LogP contribution is -2.17. The normalized spacial score (nSPS) is 12.2. The van der Waals surface area contributed by atoms with E-state index in [0.717, 1.165) is 17.3 Å². The summed E-state index contributed by atoms with van der Waals surface area (Å²) in [5.74, 6) is 0.607. The highest BCUT2D eigenvalue weighted by Crippen LogP contribution is 2.36. The van der Waals surface area contributed by atoms with Crippen molar-refractivity contribution in [1.82, 2.24) is 10.2 Å². The lowest BCUT2D eigenvalue weighted by molar-refractivity contribution is 0.508. The summed E-state index contributed by atoms with van der Waals surface area (Å²) >= 11 is 0. The number of benzene rings is 1. The maximum Gasteiger partial charge on any atom is 0.153 e. The second kappa shape index (κ2) is 3.51. The van der Waals surface area contributed by atoms with E-state index in [1.807, 2.05) is 6.07 Å². The van der Waals surface area contributed by atoms with Crippen molar-refractivity contribution in [3.8, 4) is 0 Å². The van der Waals surface area contributed by atoms with Crippen molar-refractivity contribution in [3.63, 3.8) is 0 Å². The Morgan fingerprint density at radius 1 is 1.38 bits per heavy atom. The first-order valence-electron chi connectivity index (χ1n) is 5.71. The van der Waals surface area contributed by atoms with Gasteiger partial charge in [-0.05, 0) is 36.0 Å². The standard InChI is InChI=1S/C13H19N3/c1-5-13(3,4)11-8(2)6-7-9-10(11)12(14)16-15-9/h6-7H,5H2,1-4H3,(H3,14,15,16). The Bertz CT molecular complexity index is 523. The maximum absolute atomic E-state index is 5.95. The number of fused-ring (bicyclic) bond motifs is 1. The van der Waals surface area contributed by atoms with E-state index in [4.69, 9.17) is 5.73 Å². The Kier molecular flexibility index (Phi) is 2.41. The average Bonchev–Trinajstić information content (AvgIpc) is 2.60. The van der Waals surface area contributed by atoms with E-state index >= 15 is 0 Å². The highest BCUT2D eigenvalue weighted by Gasteiger charge is 2.24. The first kappa shape index (κ1) is 11.0. The number of H-pyrrole nitrogens is 1. The zero-order chi connectivity index (χ0) is 11.9. The molecule has 0 aliphatic rings. The molecule has 0 aliphatic carbocycles. The quantitative estimate of drug-likeness (QED) is 0.812. The zero-order valence-electron chi connectivity index (χ0n) is 10.4. The highest BCUT2D eigenvalue weighted by molar-refractivity contribution is 5.93. The number of aromatic amines is 1. The molecule has 2 rings (SSSR count). The number of hydrogen-bond acceptors (Lipinski definition) is 2. The Morgan fingerprint density at radius 3 is 2.69 bits per heavy atom. The van der Waals surface area contributed by atoms with Gasteiger partial charge in [-0.15, -0.1) is 0 Å². The van der Waals surface area contributed by atoms with Crippen molar-refractivity contribution in [3.05, 3.63) is 23.3 Å². The molecule has 3 heteroatoms. The number of hydrogen-bond donors (Lipinski definition) is 2. The molecule has 3 nitrogen and oxygen atoms in total. The molecule has 1 aromatic carbocycles. The fourth-order valence-corrected chi connectivity index (χ4v) is 2.29. The molecule has 3 N–H and O–H groups in total. The number of aryl methyl sites for hydroxylation is 1. The van der Waals surface area contributed by atoms with Gasteiger partial charge in [0.1, 0.15) is 0 Å². The van der Waals surface area contributed by atoms with E-state index in [2.05, 4.69) is 44.0 Å². The van der Waals surface area contributed by atoms with Gasteiger partial charge in [-0.3, -0.25) is 5.10 Å². The second-order valence-electron chi connectivity index (χ2n) is 5.03. The molecular formula is C13H19N3. The molecule has 1 heterocycles. The highest BCUT2D eigenvalue weighted by atomic mass is 15.1. The first-order chi connectivity index (χ1) is 7.47. The van der Waals surface area contributed by atoms with E-state index in [1.165, 1.54) is 11.1 Å². The van der Waals surface area contributed by atoms with E-state index in [9.17, 15) is 0 Å². The van der Waals surface area contributed by atoms with Gasteiger partial charge in [-0.25, -0.2) is 0 Å². The van der Waals surface area contributed by atoms with Gasteiger partial charge in [0, 0.05) is 5.39 Å². The molecule has 0 radical (unpaired) electrons. The van der Waals surface area contributed by atoms with E-state index < -0.39 is 0 Å². The van der Waals surface area contributed by atoms with Gasteiger partial charge >= 0.3 is 0 Å². The Balaban J connectivity index is 2.85. The Morgan fingerprint density at radius 2 is 2.06 bits per heavy atom. The van der Waals surface area contributed by atoms with Crippen molar-refractivity contribution in [2.45, 2.75) is 39.5 Å². The van der Waals surface area contributed by atoms with Gasteiger partial charge in [-0.1, -0.05) is 26.8 Å². The van der Waals surface area contributed by atoms with Crippen molar-refractivity contribution in [2.75, 3.05) is 5.73 Å². The molecule has 0 unspecified atom stereocenters. The second-order valence-corrected chi connectivity index (χ2v) is 5.03. The van der Waals surface area contributed by atoms with Crippen LogP contribution in [-0.4, -0.2) is 10.2 Å².